The molecule has 1 saturated heterocycles. The Morgan fingerprint density at radius 3 is 3.04 bits per heavy atom. The number of rotatable bonds is 6. The molecule has 0 spiro atoms. The number of benzene rings is 1. The van der Waals surface area contributed by atoms with Crippen LogP contribution in [0.2, 0.25) is 0 Å². The molecular weight excluding hydrogens is 326 g/mol. The molecule has 2 atom stereocenters. The van der Waals surface area contributed by atoms with Gasteiger partial charge in [-0.1, -0.05) is 18.2 Å². The highest BCUT2D eigenvalue weighted by Crippen LogP contribution is 2.17. The zero-order valence-electron chi connectivity index (χ0n) is 16.1. The van der Waals surface area contributed by atoms with Crippen LogP contribution in [0.3, 0.4) is 0 Å². The first-order chi connectivity index (χ1) is 12.7. The van der Waals surface area contributed by atoms with Crippen LogP contribution in [0.4, 0.5) is 0 Å². The Morgan fingerprint density at radius 2 is 2.23 bits per heavy atom. The minimum Gasteiger partial charge on any atom is -0.379 e. The number of guanidine groups is 1. The summed E-state index contributed by atoms with van der Waals surface area (Å²) in [6.45, 7) is 8.85. The fourth-order valence-corrected chi connectivity index (χ4v) is 3.63. The molecule has 2 aromatic rings. The largest absolute Gasteiger partial charge is 0.379 e. The predicted molar refractivity (Wildman–Crippen MR) is 108 cm³/mol. The normalized spacial score (nSPS) is 20.3. The molecular formula is C20H31N5O. The Bertz CT molecular complexity index is 726. The number of para-hydroxylation sites is 1. The van der Waals surface area contributed by atoms with Gasteiger partial charge in [-0.3, -0.25) is 9.89 Å². The molecule has 2 unspecified atom stereocenters. The van der Waals surface area contributed by atoms with E-state index in [0.29, 0.717) is 12.1 Å². The second-order valence-electron chi connectivity index (χ2n) is 7.00. The van der Waals surface area contributed by atoms with Crippen molar-refractivity contribution in [2.24, 2.45) is 4.99 Å². The fourth-order valence-electron chi connectivity index (χ4n) is 3.63. The third-order valence-electron chi connectivity index (χ3n) is 5.14. The third-order valence-corrected chi connectivity index (χ3v) is 5.14. The molecule has 0 radical (unpaired) electrons. The van der Waals surface area contributed by atoms with Crippen molar-refractivity contribution in [1.82, 2.24) is 20.5 Å². The van der Waals surface area contributed by atoms with E-state index in [-0.39, 0.29) is 0 Å². The Kier molecular flexibility index (Phi) is 6.52. The molecule has 1 aliphatic heterocycles. The van der Waals surface area contributed by atoms with Gasteiger partial charge in [-0.2, -0.15) is 0 Å². The lowest BCUT2D eigenvalue weighted by Gasteiger charge is -2.38. The maximum atomic E-state index is 5.53. The Hall–Kier alpha value is -2.05. The molecule has 6 nitrogen and oxygen atoms in total. The van der Waals surface area contributed by atoms with Crippen LogP contribution in [0.1, 0.15) is 19.4 Å². The van der Waals surface area contributed by atoms with Crippen LogP contribution in [0.15, 0.2) is 35.5 Å². The smallest absolute Gasteiger partial charge is 0.191 e. The van der Waals surface area contributed by atoms with Crippen molar-refractivity contribution in [2.45, 2.75) is 32.4 Å². The molecule has 3 N–H and O–H groups in total. The van der Waals surface area contributed by atoms with Gasteiger partial charge in [0.1, 0.15) is 0 Å². The second-order valence-corrected chi connectivity index (χ2v) is 7.00. The number of aliphatic imine (C=N–C) groups is 1. The van der Waals surface area contributed by atoms with E-state index in [0.717, 1.165) is 45.2 Å². The minimum atomic E-state index is 0.445. The SMILES string of the molecule is CN=C(NCCc1c[nH]c2ccccc12)NCC(C)N1CCOCC1C. The molecule has 0 aliphatic carbocycles. The van der Waals surface area contributed by atoms with Gasteiger partial charge in [-0.05, 0) is 31.9 Å². The molecule has 6 heteroatoms. The summed E-state index contributed by atoms with van der Waals surface area (Å²) < 4.78 is 5.53. The number of aromatic amines is 1. The Balaban J connectivity index is 1.44. The highest BCUT2D eigenvalue weighted by atomic mass is 16.5. The van der Waals surface area contributed by atoms with E-state index in [1.54, 1.807) is 0 Å². The van der Waals surface area contributed by atoms with Gasteiger partial charge >= 0.3 is 0 Å². The first-order valence-electron chi connectivity index (χ1n) is 9.52. The predicted octanol–water partition coefficient (Wildman–Crippen LogP) is 1.98. The summed E-state index contributed by atoms with van der Waals surface area (Å²) in [5, 5.41) is 8.17. The number of hydrogen-bond acceptors (Lipinski definition) is 3. The maximum absolute atomic E-state index is 5.53. The summed E-state index contributed by atoms with van der Waals surface area (Å²) in [7, 11) is 1.82. The number of fused-ring (bicyclic) bond motifs is 1. The van der Waals surface area contributed by atoms with Gasteiger partial charge in [0.05, 0.1) is 13.2 Å². The highest BCUT2D eigenvalue weighted by Gasteiger charge is 2.23. The van der Waals surface area contributed by atoms with Crippen LogP contribution in [0, 0.1) is 0 Å². The molecule has 1 aliphatic rings. The summed E-state index contributed by atoms with van der Waals surface area (Å²) in [5.74, 6) is 0.859. The number of morpholine rings is 1. The van der Waals surface area contributed by atoms with Crippen molar-refractivity contribution in [2.75, 3.05) is 39.9 Å². The van der Waals surface area contributed by atoms with Crippen LogP contribution in [-0.4, -0.2) is 67.8 Å². The summed E-state index contributed by atoms with van der Waals surface area (Å²) in [4.78, 5) is 10.2. The lowest BCUT2D eigenvalue weighted by atomic mass is 10.1. The van der Waals surface area contributed by atoms with Gasteiger partial charge < -0.3 is 20.4 Å². The van der Waals surface area contributed by atoms with Crippen molar-refractivity contribution in [3.05, 3.63) is 36.0 Å². The molecule has 0 amide bonds. The topological polar surface area (TPSA) is 64.7 Å². The zero-order chi connectivity index (χ0) is 18.4. The first kappa shape index (κ1) is 18.7. The number of nitrogens with zero attached hydrogens (tertiary/aromatic N) is 2. The molecule has 26 heavy (non-hydrogen) atoms. The van der Waals surface area contributed by atoms with E-state index in [1.165, 1.54) is 16.5 Å². The van der Waals surface area contributed by atoms with E-state index >= 15 is 0 Å². The molecule has 2 heterocycles. The van der Waals surface area contributed by atoms with Gasteiger partial charge in [0.15, 0.2) is 5.96 Å². The van der Waals surface area contributed by atoms with Crippen LogP contribution >= 0.6 is 0 Å². The van der Waals surface area contributed by atoms with E-state index < -0.39 is 0 Å². The van der Waals surface area contributed by atoms with E-state index in [4.69, 9.17) is 4.74 Å². The van der Waals surface area contributed by atoms with Gasteiger partial charge in [0.25, 0.3) is 0 Å². The summed E-state index contributed by atoms with van der Waals surface area (Å²) in [6, 6.07) is 9.34. The highest BCUT2D eigenvalue weighted by molar-refractivity contribution is 5.83. The standard InChI is InChI=1S/C20H31N5O/c1-15(25-10-11-26-14-16(25)2)12-24-20(21-3)22-9-8-17-13-23-19-7-5-4-6-18(17)19/h4-7,13,15-16,23H,8-12,14H2,1-3H3,(H2,21,22,24). The van der Waals surface area contributed by atoms with E-state index in [9.17, 15) is 0 Å². The molecule has 1 fully saturated rings. The molecule has 0 saturated carbocycles. The third kappa shape index (κ3) is 4.56. The number of nitrogens with one attached hydrogen (secondary N) is 3. The van der Waals surface area contributed by atoms with Crippen LogP contribution < -0.4 is 10.6 Å². The van der Waals surface area contributed by atoms with Gasteiger partial charge in [-0.25, -0.2) is 0 Å². The number of H-pyrrole nitrogens is 1. The first-order valence-corrected chi connectivity index (χ1v) is 9.52. The second kappa shape index (κ2) is 9.05. The average Bonchev–Trinajstić information content (AvgIpc) is 3.08. The van der Waals surface area contributed by atoms with Gasteiger partial charge in [-0.15, -0.1) is 0 Å². The molecule has 3 rings (SSSR count). The quantitative estimate of drug-likeness (QED) is 0.546. The maximum Gasteiger partial charge on any atom is 0.191 e. The van der Waals surface area contributed by atoms with Crippen LogP contribution in [-0.2, 0) is 11.2 Å². The number of ether oxygens (including phenoxy) is 1. The lowest BCUT2D eigenvalue weighted by Crippen LogP contribution is -2.53. The summed E-state index contributed by atoms with van der Waals surface area (Å²) >= 11 is 0. The average molecular weight is 358 g/mol. The lowest BCUT2D eigenvalue weighted by molar-refractivity contribution is -0.0174. The minimum absolute atomic E-state index is 0.445. The molecule has 0 bridgehead atoms. The van der Waals surface area contributed by atoms with Crippen molar-refractivity contribution >= 4 is 16.9 Å². The van der Waals surface area contributed by atoms with E-state index in [2.05, 4.69) is 69.8 Å². The van der Waals surface area contributed by atoms with E-state index in [1.807, 2.05) is 7.05 Å². The van der Waals surface area contributed by atoms with Gasteiger partial charge in [0, 0.05) is 55.9 Å². The van der Waals surface area contributed by atoms with Crippen molar-refractivity contribution in [3.8, 4) is 0 Å². The van der Waals surface area contributed by atoms with Crippen molar-refractivity contribution in [1.29, 1.82) is 0 Å². The number of aromatic nitrogens is 1. The molecule has 142 valence electrons. The van der Waals surface area contributed by atoms with Gasteiger partial charge in [0.2, 0.25) is 0 Å². The molecule has 1 aromatic carbocycles. The number of hydrogen-bond donors (Lipinski definition) is 3. The fraction of sp³-hybridized carbons (Fsp3) is 0.550. The van der Waals surface area contributed by atoms with Crippen molar-refractivity contribution in [3.63, 3.8) is 0 Å². The van der Waals surface area contributed by atoms with Crippen LogP contribution in [0.5, 0.6) is 0 Å². The monoisotopic (exact) mass is 357 g/mol. The Morgan fingerprint density at radius 1 is 1.38 bits per heavy atom. The molecule has 1 aromatic heterocycles. The van der Waals surface area contributed by atoms with Crippen LogP contribution in [0.25, 0.3) is 10.9 Å². The zero-order valence-corrected chi connectivity index (χ0v) is 16.1. The Labute approximate surface area is 156 Å². The van der Waals surface area contributed by atoms with Crippen molar-refractivity contribution < 1.29 is 4.74 Å². The summed E-state index contributed by atoms with van der Waals surface area (Å²) in [5.41, 5.74) is 2.53. The summed E-state index contributed by atoms with van der Waals surface area (Å²) in [6.07, 6.45) is 3.06.